The molecule has 1 aliphatic rings. The first-order valence-corrected chi connectivity index (χ1v) is 8.40. The predicted octanol–water partition coefficient (Wildman–Crippen LogP) is 2.98. The lowest BCUT2D eigenvalue weighted by atomic mass is 9.75. The molecule has 21 heavy (non-hydrogen) atoms. The Morgan fingerprint density at radius 1 is 1.24 bits per heavy atom. The van der Waals surface area contributed by atoms with Crippen LogP contribution in [0.25, 0.3) is 0 Å². The van der Waals surface area contributed by atoms with Crippen molar-refractivity contribution in [1.29, 1.82) is 0 Å². The van der Waals surface area contributed by atoms with E-state index in [2.05, 4.69) is 31.0 Å². The first kappa shape index (κ1) is 18.4. The molecule has 1 unspecified atom stereocenters. The van der Waals surface area contributed by atoms with Crippen LogP contribution in [0.15, 0.2) is 0 Å². The van der Waals surface area contributed by atoms with Crippen molar-refractivity contribution in [1.82, 2.24) is 10.2 Å². The highest BCUT2D eigenvalue weighted by Crippen LogP contribution is 2.34. The maximum Gasteiger partial charge on any atom is 0.323 e. The molecule has 1 aliphatic heterocycles. The minimum absolute atomic E-state index is 0.416. The molecule has 0 bridgehead atoms. The van der Waals surface area contributed by atoms with E-state index >= 15 is 0 Å². The second-order valence-electron chi connectivity index (χ2n) is 7.75. The summed E-state index contributed by atoms with van der Waals surface area (Å²) in [6.45, 7) is 14.8. The molecule has 0 aliphatic carbocycles. The van der Waals surface area contributed by atoms with E-state index in [0.717, 1.165) is 32.0 Å². The number of rotatable bonds is 7. The monoisotopic (exact) mass is 298 g/mol. The van der Waals surface area contributed by atoms with Crippen LogP contribution in [0.3, 0.4) is 0 Å². The van der Waals surface area contributed by atoms with Gasteiger partial charge >= 0.3 is 5.97 Å². The van der Waals surface area contributed by atoms with Gasteiger partial charge in [0.2, 0.25) is 0 Å². The van der Waals surface area contributed by atoms with Crippen molar-refractivity contribution in [2.45, 2.75) is 65.8 Å². The number of nitrogens with one attached hydrogen (secondary N) is 1. The lowest BCUT2D eigenvalue weighted by Crippen LogP contribution is -2.50. The van der Waals surface area contributed by atoms with Gasteiger partial charge in [0.1, 0.15) is 5.54 Å². The largest absolute Gasteiger partial charge is 0.480 e. The average molecular weight is 298 g/mol. The number of likely N-dealkylation sites (tertiary alicyclic amines) is 1. The third-order valence-corrected chi connectivity index (χ3v) is 5.00. The number of likely N-dealkylation sites (N-methyl/N-ethyl adjacent to an activating group) is 1. The van der Waals surface area contributed by atoms with Crippen LogP contribution in [0.4, 0.5) is 0 Å². The van der Waals surface area contributed by atoms with Crippen molar-refractivity contribution in [3.05, 3.63) is 0 Å². The molecule has 1 fully saturated rings. The second-order valence-corrected chi connectivity index (χ2v) is 7.75. The topological polar surface area (TPSA) is 52.6 Å². The molecule has 0 radical (unpaired) electrons. The predicted molar refractivity (Wildman–Crippen MR) is 87.6 cm³/mol. The van der Waals surface area contributed by atoms with Gasteiger partial charge in [0.15, 0.2) is 0 Å². The van der Waals surface area contributed by atoms with E-state index in [1.165, 1.54) is 12.8 Å². The third kappa shape index (κ3) is 5.59. The highest BCUT2D eigenvalue weighted by Gasteiger charge is 2.32. The molecule has 0 aromatic heterocycles. The smallest absolute Gasteiger partial charge is 0.323 e. The van der Waals surface area contributed by atoms with E-state index in [1.54, 1.807) is 6.92 Å². The summed E-state index contributed by atoms with van der Waals surface area (Å²) in [4.78, 5) is 13.9. The van der Waals surface area contributed by atoms with Crippen LogP contribution in [0, 0.1) is 11.3 Å². The number of hydrogen-bond acceptors (Lipinski definition) is 3. The molecule has 4 nitrogen and oxygen atoms in total. The summed E-state index contributed by atoms with van der Waals surface area (Å²) in [5.74, 6) is 0.0792. The van der Waals surface area contributed by atoms with Gasteiger partial charge in [-0.1, -0.05) is 27.7 Å². The molecule has 1 atom stereocenters. The normalized spacial score (nSPS) is 21.2. The molecule has 0 amide bonds. The summed E-state index contributed by atoms with van der Waals surface area (Å²) in [6.07, 6.45) is 4.17. The van der Waals surface area contributed by atoms with Crippen molar-refractivity contribution < 1.29 is 9.90 Å². The molecule has 0 aromatic carbocycles. The van der Waals surface area contributed by atoms with Gasteiger partial charge in [-0.2, -0.15) is 0 Å². The van der Waals surface area contributed by atoms with Gasteiger partial charge in [0.25, 0.3) is 0 Å². The molecule has 2 N–H and O–H groups in total. The molecule has 1 rings (SSSR count). The lowest BCUT2D eigenvalue weighted by molar-refractivity contribution is -0.144. The number of nitrogens with zero attached hydrogens (tertiary/aromatic N) is 1. The molecular weight excluding hydrogens is 264 g/mol. The molecule has 0 spiro atoms. The zero-order valence-corrected chi connectivity index (χ0v) is 14.5. The van der Waals surface area contributed by atoms with E-state index < -0.39 is 11.5 Å². The fraction of sp³-hybridized carbons (Fsp3) is 0.941. The summed E-state index contributed by atoms with van der Waals surface area (Å²) in [5.41, 5.74) is -0.364. The fourth-order valence-electron chi connectivity index (χ4n) is 3.34. The van der Waals surface area contributed by atoms with Crippen molar-refractivity contribution >= 4 is 5.97 Å². The van der Waals surface area contributed by atoms with E-state index in [9.17, 15) is 9.90 Å². The Hall–Kier alpha value is -0.610. The van der Waals surface area contributed by atoms with Gasteiger partial charge in [0.05, 0.1) is 0 Å². The van der Waals surface area contributed by atoms with E-state index in [0.29, 0.717) is 18.4 Å². The van der Waals surface area contributed by atoms with Gasteiger partial charge in [-0.3, -0.25) is 4.79 Å². The Bertz CT molecular complexity index is 330. The third-order valence-electron chi connectivity index (χ3n) is 5.00. The highest BCUT2D eigenvalue weighted by atomic mass is 16.4. The Balaban J connectivity index is 2.33. The zero-order chi connectivity index (χ0) is 16.1. The zero-order valence-electron chi connectivity index (χ0n) is 14.5. The van der Waals surface area contributed by atoms with Gasteiger partial charge < -0.3 is 15.3 Å². The van der Waals surface area contributed by atoms with Crippen LogP contribution in [0.2, 0.25) is 0 Å². The maximum atomic E-state index is 11.4. The number of aliphatic carboxylic acids is 1. The van der Waals surface area contributed by atoms with Crippen LogP contribution < -0.4 is 5.32 Å². The standard InChI is InChI=1S/C17H34N2O2/c1-6-18-17(5,15(20)21)10-7-11-19-12-8-14(9-13-19)16(2,3)4/h14,18H,6-13H2,1-5H3,(H,20,21). The summed E-state index contributed by atoms with van der Waals surface area (Å²) in [5, 5.41) is 12.5. The van der Waals surface area contributed by atoms with Gasteiger partial charge in [-0.05, 0) is 70.1 Å². The number of carbonyl (C=O) groups is 1. The molecule has 1 heterocycles. The van der Waals surface area contributed by atoms with Crippen LogP contribution in [0.1, 0.15) is 60.3 Å². The van der Waals surface area contributed by atoms with E-state index in [4.69, 9.17) is 0 Å². The van der Waals surface area contributed by atoms with E-state index in [1.807, 2.05) is 6.92 Å². The number of carboxylic acid groups (broad SMARTS) is 1. The minimum atomic E-state index is -0.779. The Kier molecular flexibility index (Phi) is 6.67. The molecule has 0 saturated carbocycles. The van der Waals surface area contributed by atoms with Crippen LogP contribution in [-0.4, -0.2) is 47.7 Å². The number of hydrogen-bond donors (Lipinski definition) is 2. The van der Waals surface area contributed by atoms with Gasteiger partial charge in [-0.15, -0.1) is 0 Å². The minimum Gasteiger partial charge on any atom is -0.480 e. The first-order valence-electron chi connectivity index (χ1n) is 8.40. The van der Waals surface area contributed by atoms with Crippen LogP contribution in [-0.2, 0) is 4.79 Å². The summed E-state index contributed by atoms with van der Waals surface area (Å²) in [7, 11) is 0. The van der Waals surface area contributed by atoms with Crippen molar-refractivity contribution in [3.63, 3.8) is 0 Å². The summed E-state index contributed by atoms with van der Waals surface area (Å²) >= 11 is 0. The molecule has 1 saturated heterocycles. The van der Waals surface area contributed by atoms with Crippen molar-refractivity contribution in [2.24, 2.45) is 11.3 Å². The lowest BCUT2D eigenvalue weighted by Gasteiger charge is -2.39. The van der Waals surface area contributed by atoms with Crippen LogP contribution in [0.5, 0.6) is 0 Å². The molecular formula is C17H34N2O2. The van der Waals surface area contributed by atoms with Gasteiger partial charge in [0, 0.05) is 0 Å². The van der Waals surface area contributed by atoms with E-state index in [-0.39, 0.29) is 0 Å². The SMILES string of the molecule is CCNC(C)(CCCN1CCC(C(C)(C)C)CC1)C(=O)O. The maximum absolute atomic E-state index is 11.4. The van der Waals surface area contributed by atoms with Crippen molar-refractivity contribution in [3.8, 4) is 0 Å². The number of carboxylic acids is 1. The summed E-state index contributed by atoms with van der Waals surface area (Å²) in [6, 6.07) is 0. The average Bonchev–Trinajstić information content (AvgIpc) is 2.38. The fourth-order valence-corrected chi connectivity index (χ4v) is 3.34. The molecule has 0 aromatic rings. The van der Waals surface area contributed by atoms with Gasteiger partial charge in [-0.25, -0.2) is 0 Å². The Morgan fingerprint density at radius 2 is 1.81 bits per heavy atom. The molecule has 4 heteroatoms. The summed E-state index contributed by atoms with van der Waals surface area (Å²) < 4.78 is 0. The molecule has 124 valence electrons. The van der Waals surface area contributed by atoms with Crippen molar-refractivity contribution in [2.75, 3.05) is 26.2 Å². The number of piperidine rings is 1. The quantitative estimate of drug-likeness (QED) is 0.759. The van der Waals surface area contributed by atoms with Crippen LogP contribution >= 0.6 is 0 Å². The Labute approximate surface area is 130 Å². The Morgan fingerprint density at radius 3 is 2.24 bits per heavy atom. The first-order chi connectivity index (χ1) is 9.69. The second kappa shape index (κ2) is 7.59. The highest BCUT2D eigenvalue weighted by molar-refractivity contribution is 5.78.